The van der Waals surface area contributed by atoms with Gasteiger partial charge in [-0.3, -0.25) is 9.59 Å². The van der Waals surface area contributed by atoms with Gasteiger partial charge in [-0.2, -0.15) is 0 Å². The fourth-order valence-corrected chi connectivity index (χ4v) is 2.02. The normalized spacial score (nSPS) is 18.7. The number of carbonyl (C=O) groups is 2. The van der Waals surface area contributed by atoms with Crippen molar-refractivity contribution in [1.29, 1.82) is 0 Å². The highest BCUT2D eigenvalue weighted by molar-refractivity contribution is 5.99. The van der Waals surface area contributed by atoms with Gasteiger partial charge >= 0.3 is 5.97 Å². The van der Waals surface area contributed by atoms with E-state index < -0.39 is 11.9 Å². The minimum absolute atomic E-state index is 0.0563. The van der Waals surface area contributed by atoms with Crippen LogP contribution >= 0.6 is 0 Å². The summed E-state index contributed by atoms with van der Waals surface area (Å²) in [6, 6.07) is 6.97. The fourth-order valence-electron chi connectivity index (χ4n) is 2.02. The van der Waals surface area contributed by atoms with Gasteiger partial charge in [0.15, 0.2) is 0 Å². The summed E-state index contributed by atoms with van der Waals surface area (Å²) in [7, 11) is 0. The number of amides is 1. The monoisotopic (exact) mass is 264 g/mol. The molecule has 0 spiro atoms. The van der Waals surface area contributed by atoms with Gasteiger partial charge in [0.05, 0.1) is 5.92 Å². The quantitative estimate of drug-likeness (QED) is 0.806. The van der Waals surface area contributed by atoms with Gasteiger partial charge in [0.1, 0.15) is 12.4 Å². The zero-order chi connectivity index (χ0) is 13.8. The molecule has 19 heavy (non-hydrogen) atoms. The van der Waals surface area contributed by atoms with Crippen molar-refractivity contribution >= 4 is 17.6 Å². The van der Waals surface area contributed by atoms with Crippen molar-refractivity contribution in [1.82, 2.24) is 0 Å². The Morgan fingerprint density at radius 2 is 2.11 bits per heavy atom. The number of rotatable bonds is 5. The standard InChI is InChI=1S/C13H16N2O4/c14-5-6-19-11-3-1-10(2-4-11)15-8-9(13(17)18)7-12(15)16/h1-4,9H,5-8,14H2,(H,17,18). The Morgan fingerprint density at radius 1 is 1.42 bits per heavy atom. The first-order valence-electron chi connectivity index (χ1n) is 6.08. The molecule has 2 rings (SSSR count). The minimum Gasteiger partial charge on any atom is -0.492 e. The number of nitrogens with zero attached hydrogens (tertiary/aromatic N) is 1. The first-order chi connectivity index (χ1) is 9.11. The lowest BCUT2D eigenvalue weighted by atomic mass is 10.1. The summed E-state index contributed by atoms with van der Waals surface area (Å²) in [4.78, 5) is 24.1. The Kier molecular flexibility index (Phi) is 4.01. The van der Waals surface area contributed by atoms with Crippen LogP contribution in [0.4, 0.5) is 5.69 Å². The molecule has 0 aliphatic carbocycles. The van der Waals surface area contributed by atoms with Crippen LogP contribution in [-0.4, -0.2) is 36.7 Å². The molecule has 6 heteroatoms. The molecule has 1 aromatic carbocycles. The first-order valence-corrected chi connectivity index (χ1v) is 6.08. The summed E-state index contributed by atoms with van der Waals surface area (Å²) in [5.41, 5.74) is 6.02. The predicted octanol–water partition coefficient (Wildman–Crippen LogP) is 0.462. The molecule has 1 aromatic rings. The SMILES string of the molecule is NCCOc1ccc(N2CC(C(=O)O)CC2=O)cc1. The van der Waals surface area contributed by atoms with Gasteiger partial charge in [-0.15, -0.1) is 0 Å². The Labute approximate surface area is 110 Å². The van der Waals surface area contributed by atoms with Gasteiger partial charge in [-0.05, 0) is 24.3 Å². The zero-order valence-electron chi connectivity index (χ0n) is 10.4. The van der Waals surface area contributed by atoms with E-state index >= 15 is 0 Å². The largest absolute Gasteiger partial charge is 0.492 e. The molecule has 1 unspecified atom stereocenters. The minimum atomic E-state index is -0.932. The van der Waals surface area contributed by atoms with Crippen LogP contribution in [0.1, 0.15) is 6.42 Å². The molecule has 6 nitrogen and oxygen atoms in total. The van der Waals surface area contributed by atoms with E-state index in [0.29, 0.717) is 24.6 Å². The Bertz CT molecular complexity index is 472. The highest BCUT2D eigenvalue weighted by Gasteiger charge is 2.34. The van der Waals surface area contributed by atoms with E-state index in [1.807, 2.05) is 0 Å². The molecule has 1 saturated heterocycles. The molecule has 1 heterocycles. The topological polar surface area (TPSA) is 92.9 Å². The summed E-state index contributed by atoms with van der Waals surface area (Å²) in [5.74, 6) is -1.04. The summed E-state index contributed by atoms with van der Waals surface area (Å²) in [6.07, 6.45) is 0.0563. The maximum absolute atomic E-state index is 11.8. The highest BCUT2D eigenvalue weighted by Crippen LogP contribution is 2.26. The van der Waals surface area contributed by atoms with E-state index in [1.165, 1.54) is 4.90 Å². The number of carboxylic acid groups (broad SMARTS) is 1. The number of aliphatic carboxylic acids is 1. The summed E-state index contributed by atoms with van der Waals surface area (Å²) in [5, 5.41) is 8.93. The predicted molar refractivity (Wildman–Crippen MR) is 69.1 cm³/mol. The molecular formula is C13H16N2O4. The highest BCUT2D eigenvalue weighted by atomic mass is 16.5. The number of hydrogen-bond acceptors (Lipinski definition) is 4. The third-order valence-corrected chi connectivity index (χ3v) is 3.01. The van der Waals surface area contributed by atoms with Crippen LogP contribution in [0.5, 0.6) is 5.75 Å². The molecular weight excluding hydrogens is 248 g/mol. The Hall–Kier alpha value is -2.08. The van der Waals surface area contributed by atoms with Crippen molar-refractivity contribution in [3.8, 4) is 5.75 Å². The van der Waals surface area contributed by atoms with Gasteiger partial charge in [-0.25, -0.2) is 0 Å². The van der Waals surface area contributed by atoms with Gasteiger partial charge in [0.2, 0.25) is 5.91 Å². The van der Waals surface area contributed by atoms with Gasteiger partial charge in [0, 0.05) is 25.2 Å². The summed E-state index contributed by atoms with van der Waals surface area (Å²) >= 11 is 0. The van der Waals surface area contributed by atoms with Crippen molar-refractivity contribution in [2.24, 2.45) is 11.7 Å². The van der Waals surface area contributed by atoms with Crippen molar-refractivity contribution in [3.05, 3.63) is 24.3 Å². The van der Waals surface area contributed by atoms with E-state index in [4.69, 9.17) is 15.6 Å². The van der Waals surface area contributed by atoms with Crippen molar-refractivity contribution in [2.45, 2.75) is 6.42 Å². The Balaban J connectivity index is 2.06. The van der Waals surface area contributed by atoms with Gasteiger partial charge < -0.3 is 20.5 Å². The van der Waals surface area contributed by atoms with E-state index in [-0.39, 0.29) is 18.9 Å². The Morgan fingerprint density at radius 3 is 2.63 bits per heavy atom. The van der Waals surface area contributed by atoms with Crippen LogP contribution in [0.25, 0.3) is 0 Å². The lowest BCUT2D eigenvalue weighted by molar-refractivity contribution is -0.141. The smallest absolute Gasteiger partial charge is 0.308 e. The number of carboxylic acids is 1. The maximum Gasteiger partial charge on any atom is 0.308 e. The molecule has 1 aliphatic rings. The summed E-state index contributed by atoms with van der Waals surface area (Å²) in [6.45, 7) is 1.09. The average Bonchev–Trinajstić information content (AvgIpc) is 2.79. The number of carbonyl (C=O) groups excluding carboxylic acids is 1. The molecule has 0 aromatic heterocycles. The van der Waals surface area contributed by atoms with E-state index in [0.717, 1.165) is 0 Å². The number of hydrogen-bond donors (Lipinski definition) is 2. The van der Waals surface area contributed by atoms with E-state index in [1.54, 1.807) is 24.3 Å². The van der Waals surface area contributed by atoms with Gasteiger partial charge in [-0.1, -0.05) is 0 Å². The second kappa shape index (κ2) is 5.71. The number of nitrogens with two attached hydrogens (primary N) is 1. The third-order valence-electron chi connectivity index (χ3n) is 3.01. The molecule has 1 fully saturated rings. The molecule has 3 N–H and O–H groups in total. The van der Waals surface area contributed by atoms with Crippen LogP contribution in [-0.2, 0) is 9.59 Å². The summed E-state index contributed by atoms with van der Waals surface area (Å²) < 4.78 is 5.34. The second-order valence-electron chi connectivity index (χ2n) is 4.37. The van der Waals surface area contributed by atoms with Crippen LogP contribution < -0.4 is 15.4 Å². The number of anilines is 1. The van der Waals surface area contributed by atoms with Crippen LogP contribution in [0.3, 0.4) is 0 Å². The molecule has 1 amide bonds. The number of ether oxygens (including phenoxy) is 1. The molecule has 102 valence electrons. The van der Waals surface area contributed by atoms with E-state index in [2.05, 4.69) is 0 Å². The van der Waals surface area contributed by atoms with Gasteiger partial charge in [0.25, 0.3) is 0 Å². The second-order valence-corrected chi connectivity index (χ2v) is 4.37. The molecule has 1 aliphatic heterocycles. The van der Waals surface area contributed by atoms with E-state index in [9.17, 15) is 9.59 Å². The van der Waals surface area contributed by atoms with Crippen molar-refractivity contribution in [3.63, 3.8) is 0 Å². The molecule has 1 atom stereocenters. The first kappa shape index (κ1) is 13.4. The zero-order valence-corrected chi connectivity index (χ0v) is 10.4. The van der Waals surface area contributed by atoms with Crippen molar-refractivity contribution < 1.29 is 19.4 Å². The number of benzene rings is 1. The van der Waals surface area contributed by atoms with Crippen LogP contribution in [0.15, 0.2) is 24.3 Å². The van der Waals surface area contributed by atoms with Crippen LogP contribution in [0, 0.1) is 5.92 Å². The maximum atomic E-state index is 11.8. The third kappa shape index (κ3) is 3.03. The molecule has 0 radical (unpaired) electrons. The lowest BCUT2D eigenvalue weighted by Gasteiger charge is -2.16. The average molecular weight is 264 g/mol. The van der Waals surface area contributed by atoms with Crippen LogP contribution in [0.2, 0.25) is 0 Å². The molecule has 0 bridgehead atoms. The fraction of sp³-hybridized carbons (Fsp3) is 0.385. The molecule has 0 saturated carbocycles. The lowest BCUT2D eigenvalue weighted by Crippen LogP contribution is -2.25. The van der Waals surface area contributed by atoms with Crippen molar-refractivity contribution in [2.75, 3.05) is 24.6 Å².